The molecule has 9 heteroatoms. The van der Waals surface area contributed by atoms with Crippen LogP contribution in [0.3, 0.4) is 0 Å². The summed E-state index contributed by atoms with van der Waals surface area (Å²) in [5.41, 5.74) is 2.45. The highest BCUT2D eigenvalue weighted by atomic mass is 35.5. The lowest BCUT2D eigenvalue weighted by Crippen LogP contribution is -2.11. The van der Waals surface area contributed by atoms with Crippen LogP contribution < -0.4 is 0 Å². The quantitative estimate of drug-likeness (QED) is 0.569. The van der Waals surface area contributed by atoms with Gasteiger partial charge in [-0.2, -0.15) is 10.2 Å². The van der Waals surface area contributed by atoms with Crippen LogP contribution in [0.15, 0.2) is 37.1 Å². The number of Topliss-reactive ketones (excluding diaryl/α,β-unsaturated/α-hetero) is 1. The number of nitrogens with zero attached hydrogens (tertiary/aromatic N) is 6. The molecule has 0 aliphatic carbocycles. The minimum atomic E-state index is -0.313. The summed E-state index contributed by atoms with van der Waals surface area (Å²) in [5, 5.41) is 8.34. The molecule has 0 bridgehead atoms. The van der Waals surface area contributed by atoms with Crippen molar-refractivity contribution in [3.05, 3.63) is 70.2 Å². The van der Waals surface area contributed by atoms with Crippen molar-refractivity contribution in [3.63, 3.8) is 0 Å². The summed E-state index contributed by atoms with van der Waals surface area (Å²) in [6, 6.07) is 1.68. The second kappa shape index (κ2) is 8.69. The van der Waals surface area contributed by atoms with E-state index in [-0.39, 0.29) is 24.7 Å². The molecule has 0 fully saturated rings. The number of aromatic nitrogens is 5. The van der Waals surface area contributed by atoms with E-state index in [4.69, 9.17) is 22.9 Å². The molecule has 142 valence electrons. The molecule has 0 radical (unpaired) electrons. The van der Waals surface area contributed by atoms with Gasteiger partial charge in [-0.25, -0.2) is 9.83 Å². The highest BCUT2D eigenvalue weighted by Crippen LogP contribution is 2.30. The van der Waals surface area contributed by atoms with Crippen LogP contribution in [0.25, 0.3) is 10.7 Å². The zero-order valence-electron chi connectivity index (χ0n) is 15.3. The fourth-order valence-corrected chi connectivity index (χ4v) is 3.12. The average Bonchev–Trinajstić information content (AvgIpc) is 3.21. The van der Waals surface area contributed by atoms with Crippen molar-refractivity contribution in [1.82, 2.24) is 25.0 Å². The second-order valence-corrected chi connectivity index (χ2v) is 6.49. The SMILES string of the molecule is [C-]#[N+]c1cncc(CC(=O)Cc2cnc(-n3nccn3)c(Cl)c2)c1[C@@H](C)OC. The minimum Gasteiger partial charge on any atom is -0.378 e. The number of pyridine rings is 2. The van der Waals surface area contributed by atoms with Crippen LogP contribution in [0.4, 0.5) is 5.69 Å². The van der Waals surface area contributed by atoms with Crippen molar-refractivity contribution in [2.45, 2.75) is 25.9 Å². The van der Waals surface area contributed by atoms with Gasteiger partial charge >= 0.3 is 0 Å². The highest BCUT2D eigenvalue weighted by molar-refractivity contribution is 6.32. The molecule has 28 heavy (non-hydrogen) atoms. The number of ketones is 1. The van der Waals surface area contributed by atoms with Crippen LogP contribution in [0.2, 0.25) is 5.02 Å². The predicted octanol–water partition coefficient (Wildman–Crippen LogP) is 3.32. The standard InChI is InChI=1S/C19H17ClN6O2/c1-12(28-3)18-14(10-22-11-17(18)21-2)8-15(27)6-13-7-16(20)19(23-9-13)26-24-4-5-25-26/h4-5,7,9-12H,6,8H2,1,3H3/t12-/m1/s1. The van der Waals surface area contributed by atoms with Gasteiger partial charge in [-0.05, 0) is 29.7 Å². The molecule has 3 rings (SSSR count). The number of hydrogen-bond donors (Lipinski definition) is 0. The molecule has 0 aliphatic heterocycles. The number of carbonyl (C=O) groups excluding carboxylic acids is 1. The summed E-state index contributed by atoms with van der Waals surface area (Å²) in [6.07, 6.45) is 7.70. The smallest absolute Gasteiger partial charge is 0.211 e. The van der Waals surface area contributed by atoms with E-state index in [1.165, 1.54) is 23.4 Å². The van der Waals surface area contributed by atoms with Crippen LogP contribution in [0, 0.1) is 6.57 Å². The number of carbonyl (C=O) groups is 1. The fraction of sp³-hybridized carbons (Fsp3) is 0.263. The Balaban J connectivity index is 1.78. The van der Waals surface area contributed by atoms with Crippen LogP contribution in [-0.2, 0) is 22.4 Å². The van der Waals surface area contributed by atoms with Gasteiger partial charge in [0.1, 0.15) is 5.78 Å². The van der Waals surface area contributed by atoms with Crippen LogP contribution in [0.5, 0.6) is 0 Å². The number of halogens is 1. The third-order valence-electron chi connectivity index (χ3n) is 4.21. The first kappa shape index (κ1) is 19.6. The van der Waals surface area contributed by atoms with E-state index in [1.807, 2.05) is 6.92 Å². The lowest BCUT2D eigenvalue weighted by molar-refractivity contribution is -0.117. The molecule has 0 saturated carbocycles. The molecule has 0 aromatic carbocycles. The van der Waals surface area contributed by atoms with Gasteiger partial charge in [-0.3, -0.25) is 9.78 Å². The highest BCUT2D eigenvalue weighted by Gasteiger charge is 2.18. The molecular formula is C19H17ClN6O2. The van der Waals surface area contributed by atoms with Gasteiger partial charge in [-0.15, -0.1) is 4.80 Å². The Labute approximate surface area is 167 Å². The molecule has 0 amide bonds. The Bertz CT molecular complexity index is 1030. The maximum Gasteiger partial charge on any atom is 0.211 e. The van der Waals surface area contributed by atoms with Crippen LogP contribution in [-0.4, -0.2) is 37.9 Å². The van der Waals surface area contributed by atoms with Gasteiger partial charge in [0.05, 0.1) is 30.1 Å². The Morgan fingerprint density at radius 1 is 1.29 bits per heavy atom. The minimum absolute atomic E-state index is 0.0451. The van der Waals surface area contributed by atoms with E-state index < -0.39 is 0 Å². The third kappa shape index (κ3) is 4.22. The Morgan fingerprint density at radius 3 is 2.68 bits per heavy atom. The molecule has 0 aliphatic rings. The van der Waals surface area contributed by atoms with Crippen molar-refractivity contribution in [1.29, 1.82) is 0 Å². The van der Waals surface area contributed by atoms with E-state index in [0.29, 0.717) is 33.2 Å². The van der Waals surface area contributed by atoms with Gasteiger partial charge in [0, 0.05) is 38.5 Å². The summed E-state index contributed by atoms with van der Waals surface area (Å²) >= 11 is 6.26. The van der Waals surface area contributed by atoms with Crippen LogP contribution >= 0.6 is 11.6 Å². The lowest BCUT2D eigenvalue weighted by atomic mass is 9.97. The maximum absolute atomic E-state index is 12.6. The third-order valence-corrected chi connectivity index (χ3v) is 4.48. The number of rotatable bonds is 7. The first-order valence-electron chi connectivity index (χ1n) is 8.43. The topological polar surface area (TPSA) is 87.2 Å². The Kier molecular flexibility index (Phi) is 6.09. The predicted molar refractivity (Wildman–Crippen MR) is 103 cm³/mol. The molecule has 3 aromatic heterocycles. The van der Waals surface area contributed by atoms with Gasteiger partial charge in [0.25, 0.3) is 0 Å². The van der Waals surface area contributed by atoms with Gasteiger partial charge in [0.2, 0.25) is 5.69 Å². The summed E-state index contributed by atoms with van der Waals surface area (Å²) in [4.78, 5) is 25.8. The first-order valence-corrected chi connectivity index (χ1v) is 8.81. The zero-order valence-corrected chi connectivity index (χ0v) is 16.1. The first-order chi connectivity index (χ1) is 13.5. The fourth-order valence-electron chi connectivity index (χ4n) is 2.86. The van der Waals surface area contributed by atoms with Crippen molar-refractivity contribution >= 4 is 23.1 Å². The second-order valence-electron chi connectivity index (χ2n) is 6.08. The van der Waals surface area contributed by atoms with E-state index in [0.717, 1.165) is 0 Å². The summed E-state index contributed by atoms with van der Waals surface area (Å²) in [6.45, 7) is 9.16. The molecule has 3 aromatic rings. The maximum atomic E-state index is 12.6. The molecular weight excluding hydrogens is 380 g/mol. The number of hydrogen-bond acceptors (Lipinski definition) is 6. The van der Waals surface area contributed by atoms with Gasteiger partial charge in [0.15, 0.2) is 5.82 Å². The molecule has 0 unspecified atom stereocenters. The Hall–Kier alpha value is -3.15. The molecule has 1 atom stereocenters. The van der Waals surface area contributed by atoms with Crippen molar-refractivity contribution in [2.24, 2.45) is 0 Å². The van der Waals surface area contributed by atoms with Gasteiger partial charge < -0.3 is 4.74 Å². The lowest BCUT2D eigenvalue weighted by Gasteiger charge is -2.16. The largest absolute Gasteiger partial charge is 0.378 e. The summed E-state index contributed by atoms with van der Waals surface area (Å²) < 4.78 is 5.36. The molecule has 0 saturated heterocycles. The molecule has 3 heterocycles. The van der Waals surface area contributed by atoms with Crippen molar-refractivity contribution in [2.75, 3.05) is 7.11 Å². The average molecular weight is 397 g/mol. The van der Waals surface area contributed by atoms with E-state index in [2.05, 4.69) is 25.0 Å². The van der Waals surface area contributed by atoms with Crippen LogP contribution in [0.1, 0.15) is 29.7 Å². The molecule has 0 N–H and O–H groups in total. The zero-order chi connectivity index (χ0) is 20.1. The van der Waals surface area contributed by atoms with E-state index in [1.54, 1.807) is 25.6 Å². The monoisotopic (exact) mass is 396 g/mol. The van der Waals surface area contributed by atoms with E-state index >= 15 is 0 Å². The van der Waals surface area contributed by atoms with Crippen molar-refractivity contribution in [3.8, 4) is 5.82 Å². The van der Waals surface area contributed by atoms with E-state index in [9.17, 15) is 4.79 Å². The number of methoxy groups -OCH3 is 1. The molecule has 0 spiro atoms. The number of ether oxygens (including phenoxy) is 1. The Morgan fingerprint density at radius 2 is 2.04 bits per heavy atom. The normalized spacial score (nSPS) is 11.8. The summed E-state index contributed by atoms with van der Waals surface area (Å²) in [7, 11) is 1.56. The molecule has 8 nitrogen and oxygen atoms in total. The summed E-state index contributed by atoms with van der Waals surface area (Å²) in [5.74, 6) is 0.351. The van der Waals surface area contributed by atoms with Crippen molar-refractivity contribution < 1.29 is 9.53 Å². The van der Waals surface area contributed by atoms with Gasteiger partial charge in [-0.1, -0.05) is 11.6 Å².